The van der Waals surface area contributed by atoms with Crippen molar-refractivity contribution < 1.29 is 23.0 Å². The Bertz CT molecular complexity index is 1300. The van der Waals surface area contributed by atoms with Crippen LogP contribution in [0.25, 0.3) is 11.1 Å². The van der Waals surface area contributed by atoms with Crippen LogP contribution in [0.2, 0.25) is 0 Å². The van der Waals surface area contributed by atoms with Crippen LogP contribution < -0.4 is 9.47 Å². The van der Waals surface area contributed by atoms with Crippen molar-refractivity contribution in [1.29, 1.82) is 0 Å². The van der Waals surface area contributed by atoms with Gasteiger partial charge in [0.25, 0.3) is 0 Å². The Hall–Kier alpha value is -2.98. The molecule has 3 aromatic rings. The maximum absolute atomic E-state index is 13.7. The zero-order valence-corrected chi connectivity index (χ0v) is 22.6. The number of hydrogen-bond acceptors (Lipinski definition) is 7. The van der Waals surface area contributed by atoms with Crippen molar-refractivity contribution in [1.82, 2.24) is 14.2 Å². The summed E-state index contributed by atoms with van der Waals surface area (Å²) in [4.78, 5) is 6.35. The van der Waals surface area contributed by atoms with Crippen molar-refractivity contribution in [3.05, 3.63) is 72.6 Å². The predicted octanol–water partition coefficient (Wildman–Crippen LogP) is 3.66. The quantitative estimate of drug-likeness (QED) is 0.480. The molecule has 2 heterocycles. The molecule has 0 saturated carbocycles. The second-order valence-corrected chi connectivity index (χ2v) is 11.5. The fourth-order valence-corrected chi connectivity index (χ4v) is 6.42. The minimum absolute atomic E-state index is 0.105. The number of sulfonamides is 1. The average molecular weight is 526 g/mol. The number of aromatic nitrogens is 1. The Morgan fingerprint density at radius 2 is 1.89 bits per heavy atom. The van der Waals surface area contributed by atoms with Crippen molar-refractivity contribution in [3.63, 3.8) is 0 Å². The lowest BCUT2D eigenvalue weighted by Gasteiger charge is -2.37. The number of aliphatic hydroxyl groups excluding tert-OH is 1. The van der Waals surface area contributed by atoms with Crippen LogP contribution in [-0.4, -0.2) is 73.7 Å². The first-order chi connectivity index (χ1) is 17.7. The van der Waals surface area contributed by atoms with Gasteiger partial charge < -0.3 is 14.6 Å². The van der Waals surface area contributed by atoms with Crippen LogP contribution in [0.3, 0.4) is 0 Å². The van der Waals surface area contributed by atoms with Gasteiger partial charge in [0.05, 0.1) is 13.7 Å². The van der Waals surface area contributed by atoms with E-state index in [2.05, 4.69) is 9.88 Å². The molecule has 0 fully saturated rings. The van der Waals surface area contributed by atoms with Gasteiger partial charge in [-0.3, -0.25) is 9.88 Å². The monoisotopic (exact) mass is 525 g/mol. The lowest BCUT2D eigenvalue weighted by Crippen LogP contribution is -2.49. The average Bonchev–Trinajstić information content (AvgIpc) is 2.90. The van der Waals surface area contributed by atoms with Crippen LogP contribution in [0, 0.1) is 5.92 Å². The zero-order valence-electron chi connectivity index (χ0n) is 21.7. The van der Waals surface area contributed by atoms with Gasteiger partial charge in [0.1, 0.15) is 22.5 Å². The first kappa shape index (κ1) is 27.1. The summed E-state index contributed by atoms with van der Waals surface area (Å²) < 4.78 is 40.8. The second-order valence-electron chi connectivity index (χ2n) is 9.69. The third kappa shape index (κ3) is 6.13. The number of methoxy groups -OCH3 is 1. The van der Waals surface area contributed by atoms with Gasteiger partial charge in [-0.25, -0.2) is 8.42 Å². The highest BCUT2D eigenvalue weighted by atomic mass is 32.2. The highest BCUT2D eigenvalue weighted by molar-refractivity contribution is 7.89. The third-order valence-corrected chi connectivity index (χ3v) is 8.78. The fourth-order valence-electron chi connectivity index (χ4n) is 4.60. The van der Waals surface area contributed by atoms with Crippen molar-refractivity contribution in [2.75, 3.05) is 33.9 Å². The number of nitrogens with zero attached hydrogens (tertiary/aromatic N) is 3. The maximum Gasteiger partial charge on any atom is 0.247 e. The summed E-state index contributed by atoms with van der Waals surface area (Å²) >= 11 is 0. The molecule has 2 aromatic carbocycles. The number of aliphatic hydroxyl groups is 1. The molecule has 9 heteroatoms. The van der Waals surface area contributed by atoms with Gasteiger partial charge in [0, 0.05) is 44.0 Å². The van der Waals surface area contributed by atoms with Gasteiger partial charge in [-0.2, -0.15) is 4.31 Å². The molecule has 0 amide bonds. The topological polar surface area (TPSA) is 92.2 Å². The molecule has 1 aliphatic heterocycles. The van der Waals surface area contributed by atoms with Crippen molar-refractivity contribution >= 4 is 10.0 Å². The van der Waals surface area contributed by atoms with Crippen molar-refractivity contribution in [2.45, 2.75) is 37.4 Å². The smallest absolute Gasteiger partial charge is 0.247 e. The highest BCUT2D eigenvalue weighted by Crippen LogP contribution is 2.37. The summed E-state index contributed by atoms with van der Waals surface area (Å²) in [5, 5.41) is 9.87. The Morgan fingerprint density at radius 1 is 1.16 bits per heavy atom. The summed E-state index contributed by atoms with van der Waals surface area (Å²) in [6.45, 7) is 5.00. The minimum Gasteiger partial charge on any atom is -0.497 e. The Morgan fingerprint density at radius 3 is 2.59 bits per heavy atom. The lowest BCUT2D eigenvalue weighted by molar-refractivity contribution is 0.0734. The van der Waals surface area contributed by atoms with Crippen LogP contribution in [0.4, 0.5) is 0 Å². The van der Waals surface area contributed by atoms with E-state index >= 15 is 0 Å². The molecule has 1 aromatic heterocycles. The number of ether oxygens (including phenoxy) is 2. The molecule has 0 bridgehead atoms. The molecule has 0 radical (unpaired) electrons. The summed E-state index contributed by atoms with van der Waals surface area (Å²) in [5.74, 6) is 0.895. The Labute approximate surface area is 219 Å². The molecule has 0 saturated heterocycles. The first-order valence-electron chi connectivity index (χ1n) is 12.4. The van der Waals surface area contributed by atoms with Crippen LogP contribution in [0.5, 0.6) is 11.5 Å². The zero-order chi connectivity index (χ0) is 26.6. The standard InChI is InChI=1S/C28H35N3O5S/c1-20-16-31(21(2)19-32)37(33,34)28-9-8-24(23-6-5-7-25(14-23)35-4)15-26(28)36-27(20)18-30(3)17-22-10-12-29-13-11-22/h5-15,20-21,27,32H,16-19H2,1-4H3/t20-,21+,27+/m1/s1. The largest absolute Gasteiger partial charge is 0.497 e. The Kier molecular flexibility index (Phi) is 8.49. The van der Waals surface area contributed by atoms with Gasteiger partial charge in [-0.05, 0) is 67.1 Å². The Balaban J connectivity index is 1.73. The van der Waals surface area contributed by atoms with Crippen LogP contribution in [0.15, 0.2) is 71.9 Å². The molecule has 8 nitrogen and oxygen atoms in total. The van der Waals surface area contributed by atoms with Crippen LogP contribution in [0.1, 0.15) is 19.4 Å². The molecule has 0 aliphatic carbocycles. The number of likely N-dealkylation sites (N-methyl/N-ethyl adjacent to an activating group) is 1. The third-order valence-electron chi connectivity index (χ3n) is 6.76. The van der Waals surface area contributed by atoms with Gasteiger partial charge in [0.2, 0.25) is 10.0 Å². The normalized spacial score (nSPS) is 20.4. The summed E-state index contributed by atoms with van der Waals surface area (Å²) in [5.41, 5.74) is 2.85. The van der Waals surface area contributed by atoms with E-state index in [9.17, 15) is 13.5 Å². The fraction of sp³-hybridized carbons (Fsp3) is 0.393. The molecular weight excluding hydrogens is 490 g/mol. The van der Waals surface area contributed by atoms with Crippen molar-refractivity contribution in [2.24, 2.45) is 5.92 Å². The summed E-state index contributed by atoms with van der Waals surface area (Å²) in [6.07, 6.45) is 3.26. The molecule has 0 spiro atoms. The number of hydrogen-bond donors (Lipinski definition) is 1. The molecule has 198 valence electrons. The number of benzene rings is 2. The van der Waals surface area contributed by atoms with Crippen LogP contribution in [-0.2, 0) is 16.6 Å². The van der Waals surface area contributed by atoms with E-state index in [4.69, 9.17) is 9.47 Å². The lowest BCUT2D eigenvalue weighted by atomic mass is 10.0. The highest BCUT2D eigenvalue weighted by Gasteiger charge is 2.38. The van der Waals surface area contributed by atoms with Gasteiger partial charge in [0.15, 0.2) is 0 Å². The molecule has 3 atom stereocenters. The van der Waals surface area contributed by atoms with Gasteiger partial charge in [-0.1, -0.05) is 25.1 Å². The molecule has 0 unspecified atom stereocenters. The van der Waals surface area contributed by atoms with E-state index in [0.717, 1.165) is 16.7 Å². The molecule has 4 rings (SSSR count). The molecular formula is C28H35N3O5S. The SMILES string of the molecule is COc1cccc(-c2ccc3c(c2)O[C@@H](CN(C)Cc2ccncc2)[C@H](C)CN([C@@H](C)CO)S3(=O)=O)c1. The van der Waals surface area contributed by atoms with E-state index < -0.39 is 16.1 Å². The van der Waals surface area contributed by atoms with Gasteiger partial charge >= 0.3 is 0 Å². The van der Waals surface area contributed by atoms with Crippen LogP contribution >= 0.6 is 0 Å². The van der Waals surface area contributed by atoms with Crippen molar-refractivity contribution in [3.8, 4) is 22.6 Å². The minimum atomic E-state index is -3.90. The van der Waals surface area contributed by atoms with E-state index in [0.29, 0.717) is 24.6 Å². The summed E-state index contributed by atoms with van der Waals surface area (Å²) in [7, 11) is -0.263. The van der Waals surface area contributed by atoms with Gasteiger partial charge in [-0.15, -0.1) is 0 Å². The van der Waals surface area contributed by atoms with E-state index in [1.54, 1.807) is 44.6 Å². The molecule has 37 heavy (non-hydrogen) atoms. The van der Waals surface area contributed by atoms with E-state index in [-0.39, 0.29) is 30.1 Å². The molecule has 1 aliphatic rings. The van der Waals surface area contributed by atoms with E-state index in [1.807, 2.05) is 50.4 Å². The first-order valence-corrected chi connectivity index (χ1v) is 13.8. The molecule has 1 N–H and O–H groups in total. The van der Waals surface area contributed by atoms with E-state index in [1.165, 1.54) is 4.31 Å². The second kappa shape index (κ2) is 11.6. The predicted molar refractivity (Wildman–Crippen MR) is 143 cm³/mol. The summed E-state index contributed by atoms with van der Waals surface area (Å²) in [6, 6.07) is 16.2. The number of rotatable bonds is 8. The maximum atomic E-state index is 13.7. The number of pyridine rings is 1. The number of fused-ring (bicyclic) bond motifs is 1.